The molecule has 2 amide bonds. The van der Waals surface area contributed by atoms with E-state index in [1.54, 1.807) is 0 Å². The maximum atomic E-state index is 13.4. The van der Waals surface area contributed by atoms with Crippen molar-refractivity contribution in [2.45, 2.75) is 83.8 Å². The lowest BCUT2D eigenvalue weighted by Gasteiger charge is -2.32. The first-order valence-corrected chi connectivity index (χ1v) is 14.5. The number of thiol groups is 1. The van der Waals surface area contributed by atoms with Crippen LogP contribution >= 0.6 is 12.6 Å². The molecule has 2 aromatic rings. The van der Waals surface area contributed by atoms with Crippen LogP contribution in [0.15, 0.2) is 54.6 Å². The van der Waals surface area contributed by atoms with Crippen LogP contribution in [0.4, 0.5) is 4.79 Å². The van der Waals surface area contributed by atoms with Gasteiger partial charge < -0.3 is 24.3 Å². The van der Waals surface area contributed by atoms with E-state index < -0.39 is 18.3 Å². The summed E-state index contributed by atoms with van der Waals surface area (Å²) < 4.78 is 18.1. The first kappa shape index (κ1) is 29.5. The molecule has 0 bridgehead atoms. The van der Waals surface area contributed by atoms with Crippen LogP contribution in [0, 0.1) is 5.92 Å². The Balaban J connectivity index is 1.36. The highest BCUT2D eigenvalue weighted by Crippen LogP contribution is 2.36. The standard InChI is InChI=1S/C30H41BN2O5S/c1-29(2)30(3,4)38-31(37-29)25-13-10-23(11-14-25)21-36-28(35)33(20-22-8-6-5-7-9-22)26-15-12-24(18-26)19-32-27(34)16-17-39/h5-11,13-14,24,26,39H,12,15-21H2,1-4H3,(H,32,34). The predicted octanol–water partition coefficient (Wildman–Crippen LogP) is 4.73. The minimum Gasteiger partial charge on any atom is -0.445 e. The molecular weight excluding hydrogens is 511 g/mol. The number of ether oxygens (including phenoxy) is 1. The topological polar surface area (TPSA) is 77.1 Å². The molecule has 2 atom stereocenters. The van der Waals surface area contributed by atoms with E-state index in [9.17, 15) is 9.59 Å². The second-order valence-corrected chi connectivity index (χ2v) is 12.1. The summed E-state index contributed by atoms with van der Waals surface area (Å²) >= 11 is 4.13. The number of rotatable bonds is 10. The van der Waals surface area contributed by atoms with Crippen LogP contribution in [0.25, 0.3) is 0 Å². The number of benzene rings is 2. The summed E-state index contributed by atoms with van der Waals surface area (Å²) in [5.41, 5.74) is 2.11. The molecule has 1 N–H and O–H groups in total. The highest BCUT2D eigenvalue weighted by molar-refractivity contribution is 7.80. The Morgan fingerprint density at radius 2 is 1.67 bits per heavy atom. The van der Waals surface area contributed by atoms with Crippen molar-refractivity contribution in [1.29, 1.82) is 0 Å². The summed E-state index contributed by atoms with van der Waals surface area (Å²) in [5.74, 6) is 0.905. The lowest BCUT2D eigenvalue weighted by molar-refractivity contribution is -0.120. The van der Waals surface area contributed by atoms with Gasteiger partial charge in [-0.25, -0.2) is 4.79 Å². The van der Waals surface area contributed by atoms with Crippen LogP contribution in [-0.2, 0) is 32.0 Å². The molecule has 7 nitrogen and oxygen atoms in total. The smallest absolute Gasteiger partial charge is 0.445 e. The Kier molecular flexibility index (Phi) is 9.67. The van der Waals surface area contributed by atoms with Crippen LogP contribution in [0.1, 0.15) is 64.5 Å². The fourth-order valence-corrected chi connectivity index (χ4v) is 5.27. The van der Waals surface area contributed by atoms with Crippen LogP contribution in [0.3, 0.4) is 0 Å². The van der Waals surface area contributed by atoms with Crippen LogP contribution < -0.4 is 10.8 Å². The quantitative estimate of drug-likeness (QED) is 0.329. The van der Waals surface area contributed by atoms with Gasteiger partial charge in [-0.1, -0.05) is 54.6 Å². The maximum Gasteiger partial charge on any atom is 0.494 e. The number of carbonyl (C=O) groups is 2. The van der Waals surface area contributed by atoms with E-state index >= 15 is 0 Å². The first-order valence-electron chi connectivity index (χ1n) is 13.9. The Bertz CT molecular complexity index is 1100. The molecule has 1 saturated heterocycles. The number of carbonyl (C=O) groups excluding carboxylic acids is 2. The molecule has 9 heteroatoms. The fourth-order valence-electron chi connectivity index (χ4n) is 5.07. The highest BCUT2D eigenvalue weighted by atomic mass is 32.1. The third-order valence-corrected chi connectivity index (χ3v) is 8.40. The normalized spacial score (nSPS) is 21.5. The van der Waals surface area contributed by atoms with Gasteiger partial charge in [-0.2, -0.15) is 12.6 Å². The van der Waals surface area contributed by atoms with E-state index in [1.807, 2.05) is 87.2 Å². The third-order valence-electron chi connectivity index (χ3n) is 8.18. The van der Waals surface area contributed by atoms with E-state index in [4.69, 9.17) is 14.0 Å². The molecule has 0 radical (unpaired) electrons. The van der Waals surface area contributed by atoms with E-state index in [0.717, 1.165) is 35.9 Å². The van der Waals surface area contributed by atoms with Gasteiger partial charge >= 0.3 is 13.2 Å². The van der Waals surface area contributed by atoms with Crippen molar-refractivity contribution in [2.75, 3.05) is 12.3 Å². The molecule has 0 aromatic heterocycles. The Morgan fingerprint density at radius 1 is 1.00 bits per heavy atom. The molecule has 2 aliphatic rings. The van der Waals surface area contributed by atoms with Crippen molar-refractivity contribution in [3.63, 3.8) is 0 Å². The first-order chi connectivity index (χ1) is 18.6. The van der Waals surface area contributed by atoms with E-state index in [2.05, 4.69) is 17.9 Å². The monoisotopic (exact) mass is 552 g/mol. The minimum absolute atomic E-state index is 0.0264. The molecular formula is C30H41BN2O5S. The summed E-state index contributed by atoms with van der Waals surface area (Å²) in [6.07, 6.45) is 2.79. The zero-order valence-corrected chi connectivity index (χ0v) is 24.4. The molecule has 210 valence electrons. The molecule has 4 rings (SSSR count). The Labute approximate surface area is 238 Å². The molecule has 1 aliphatic heterocycles. The second kappa shape index (κ2) is 12.8. The number of hydrogen-bond acceptors (Lipinski definition) is 6. The molecule has 2 unspecified atom stereocenters. The van der Waals surface area contributed by atoms with Crippen molar-refractivity contribution in [3.8, 4) is 0 Å². The van der Waals surface area contributed by atoms with Crippen LogP contribution in [-0.4, -0.2) is 53.6 Å². The molecule has 1 aliphatic carbocycles. The van der Waals surface area contributed by atoms with E-state index in [0.29, 0.717) is 31.2 Å². The van der Waals surface area contributed by atoms with Crippen molar-refractivity contribution < 1.29 is 23.6 Å². The fraction of sp³-hybridized carbons (Fsp3) is 0.533. The average molecular weight is 553 g/mol. The summed E-state index contributed by atoms with van der Waals surface area (Å²) in [6, 6.07) is 17.9. The van der Waals surface area contributed by atoms with Gasteiger partial charge in [0.1, 0.15) is 6.61 Å². The zero-order chi connectivity index (χ0) is 28.0. The predicted molar refractivity (Wildman–Crippen MR) is 157 cm³/mol. The van der Waals surface area contributed by atoms with Gasteiger partial charge in [-0.15, -0.1) is 0 Å². The van der Waals surface area contributed by atoms with E-state index in [1.165, 1.54) is 0 Å². The van der Waals surface area contributed by atoms with Gasteiger partial charge in [0, 0.05) is 25.6 Å². The zero-order valence-electron chi connectivity index (χ0n) is 23.5. The van der Waals surface area contributed by atoms with Gasteiger partial charge in [0.2, 0.25) is 5.91 Å². The van der Waals surface area contributed by atoms with Gasteiger partial charge in [0.05, 0.1) is 11.2 Å². The molecule has 2 aromatic carbocycles. The second-order valence-electron chi connectivity index (χ2n) is 11.6. The SMILES string of the molecule is CC1(C)OB(c2ccc(COC(=O)N(Cc3ccccc3)C3CCC(CNC(=O)CCS)C3)cc2)OC1(C)C. The third kappa shape index (κ3) is 7.59. The number of amides is 2. The molecule has 0 spiro atoms. The van der Waals surface area contributed by atoms with Crippen LogP contribution in [0.2, 0.25) is 0 Å². The lowest BCUT2D eigenvalue weighted by atomic mass is 9.79. The molecule has 2 fully saturated rings. The van der Waals surface area contributed by atoms with Crippen molar-refractivity contribution in [3.05, 3.63) is 65.7 Å². The van der Waals surface area contributed by atoms with Crippen molar-refractivity contribution in [2.24, 2.45) is 5.92 Å². The number of hydrogen-bond donors (Lipinski definition) is 2. The molecule has 1 heterocycles. The summed E-state index contributed by atoms with van der Waals surface area (Å²) in [4.78, 5) is 27.1. The van der Waals surface area contributed by atoms with Crippen LogP contribution in [0.5, 0.6) is 0 Å². The van der Waals surface area contributed by atoms with Gasteiger partial charge in [0.25, 0.3) is 0 Å². The van der Waals surface area contributed by atoms with Gasteiger partial charge in [0.15, 0.2) is 0 Å². The number of nitrogens with zero attached hydrogens (tertiary/aromatic N) is 1. The van der Waals surface area contributed by atoms with Gasteiger partial charge in [-0.3, -0.25) is 4.79 Å². The largest absolute Gasteiger partial charge is 0.494 e. The summed E-state index contributed by atoms with van der Waals surface area (Å²) in [7, 11) is -0.425. The Morgan fingerprint density at radius 3 is 2.31 bits per heavy atom. The summed E-state index contributed by atoms with van der Waals surface area (Å²) in [6.45, 7) is 9.45. The average Bonchev–Trinajstić information content (AvgIpc) is 3.46. The van der Waals surface area contributed by atoms with Crippen molar-refractivity contribution >= 4 is 37.2 Å². The van der Waals surface area contributed by atoms with E-state index in [-0.39, 0.29) is 24.6 Å². The summed E-state index contributed by atoms with van der Waals surface area (Å²) in [5, 5.41) is 3.00. The highest BCUT2D eigenvalue weighted by Gasteiger charge is 2.51. The van der Waals surface area contributed by atoms with Gasteiger partial charge in [-0.05, 0) is 75.2 Å². The molecule has 1 saturated carbocycles. The number of nitrogens with one attached hydrogen (secondary N) is 1. The molecule has 39 heavy (non-hydrogen) atoms. The van der Waals surface area contributed by atoms with Crippen molar-refractivity contribution in [1.82, 2.24) is 10.2 Å². The maximum absolute atomic E-state index is 13.4. The lowest BCUT2D eigenvalue weighted by Crippen LogP contribution is -2.41. The Hall–Kier alpha value is -2.49. The minimum atomic E-state index is -0.425.